The average molecular weight is 420 g/mol. The molecule has 0 aliphatic rings. The summed E-state index contributed by atoms with van der Waals surface area (Å²) in [5.41, 5.74) is 6.65. The van der Waals surface area contributed by atoms with Crippen molar-refractivity contribution in [3.8, 4) is 0 Å². The van der Waals surface area contributed by atoms with Crippen LogP contribution in [0.15, 0.2) is 63.5 Å². The van der Waals surface area contributed by atoms with Crippen molar-refractivity contribution in [2.45, 2.75) is 27.3 Å². The van der Waals surface area contributed by atoms with Gasteiger partial charge in [-0.05, 0) is 61.0 Å². The molecule has 0 bridgehead atoms. The van der Waals surface area contributed by atoms with E-state index >= 15 is 0 Å². The molecule has 30 heavy (non-hydrogen) atoms. The van der Waals surface area contributed by atoms with Gasteiger partial charge in [-0.15, -0.1) is 11.3 Å². The summed E-state index contributed by atoms with van der Waals surface area (Å²) in [6, 6.07) is 14.4. The molecule has 0 saturated carbocycles. The van der Waals surface area contributed by atoms with Crippen molar-refractivity contribution in [3.05, 3.63) is 103 Å². The van der Waals surface area contributed by atoms with Crippen LogP contribution >= 0.6 is 11.3 Å². The zero-order valence-corrected chi connectivity index (χ0v) is 17.7. The van der Waals surface area contributed by atoms with E-state index in [0.29, 0.717) is 22.3 Å². The second kappa shape index (κ2) is 7.76. The normalized spacial score (nSPS) is 11.0. The Bertz CT molecular complexity index is 1360. The van der Waals surface area contributed by atoms with Gasteiger partial charge in [0, 0.05) is 5.56 Å². The molecule has 0 saturated heterocycles. The lowest BCUT2D eigenvalue weighted by Crippen LogP contribution is -2.46. The minimum Gasteiger partial charge on any atom is -0.286 e. The van der Waals surface area contributed by atoms with Crippen LogP contribution in [0.2, 0.25) is 0 Å². The molecule has 7 heteroatoms. The summed E-state index contributed by atoms with van der Waals surface area (Å²) < 4.78 is 2.78. The Morgan fingerprint density at radius 2 is 1.67 bits per heavy atom. The first-order valence-corrected chi connectivity index (χ1v) is 10.4. The SMILES string of the molecule is Cc1cc(C)c(Cn2c(=O)n(NC(=O)c3ccccc3)c(=O)c3sccc32)c(C)c1. The monoisotopic (exact) mass is 419 g/mol. The molecule has 152 valence electrons. The van der Waals surface area contributed by atoms with Gasteiger partial charge in [-0.3, -0.25) is 19.6 Å². The van der Waals surface area contributed by atoms with Gasteiger partial charge in [-0.25, -0.2) is 4.79 Å². The topological polar surface area (TPSA) is 73.1 Å². The average Bonchev–Trinajstić information content (AvgIpc) is 3.20. The lowest BCUT2D eigenvalue weighted by Gasteiger charge is -2.16. The minimum atomic E-state index is -0.574. The largest absolute Gasteiger partial charge is 0.351 e. The highest BCUT2D eigenvalue weighted by atomic mass is 32.1. The van der Waals surface area contributed by atoms with Crippen LogP contribution in [-0.4, -0.2) is 15.2 Å². The number of amides is 1. The molecule has 1 amide bonds. The highest BCUT2D eigenvalue weighted by molar-refractivity contribution is 7.17. The number of nitrogens with zero attached hydrogens (tertiary/aromatic N) is 2. The molecule has 0 radical (unpaired) electrons. The number of aryl methyl sites for hydroxylation is 3. The van der Waals surface area contributed by atoms with Crippen molar-refractivity contribution in [1.29, 1.82) is 0 Å². The summed E-state index contributed by atoms with van der Waals surface area (Å²) >= 11 is 1.25. The van der Waals surface area contributed by atoms with Crippen LogP contribution in [-0.2, 0) is 6.54 Å². The van der Waals surface area contributed by atoms with Crippen molar-refractivity contribution in [2.24, 2.45) is 0 Å². The first-order chi connectivity index (χ1) is 14.4. The van der Waals surface area contributed by atoms with Crippen molar-refractivity contribution in [2.75, 3.05) is 5.43 Å². The van der Waals surface area contributed by atoms with Crippen LogP contribution in [0.1, 0.15) is 32.6 Å². The first kappa shape index (κ1) is 19.8. The number of carbonyl (C=O) groups excluding carboxylic acids is 1. The third kappa shape index (κ3) is 3.48. The number of hydrogen-bond acceptors (Lipinski definition) is 4. The van der Waals surface area contributed by atoms with Crippen LogP contribution in [0.5, 0.6) is 0 Å². The number of carbonyl (C=O) groups is 1. The quantitative estimate of drug-likeness (QED) is 0.550. The molecule has 0 spiro atoms. The predicted octanol–water partition coefficient (Wildman–Crippen LogP) is 3.58. The van der Waals surface area contributed by atoms with Gasteiger partial charge in [-0.2, -0.15) is 4.68 Å². The third-order valence-electron chi connectivity index (χ3n) is 5.16. The zero-order valence-electron chi connectivity index (χ0n) is 16.9. The van der Waals surface area contributed by atoms with Gasteiger partial charge in [-0.1, -0.05) is 35.9 Å². The Morgan fingerprint density at radius 1 is 1.00 bits per heavy atom. The molecule has 0 aliphatic heterocycles. The van der Waals surface area contributed by atoms with Crippen molar-refractivity contribution < 1.29 is 4.79 Å². The molecule has 4 aromatic rings. The molecule has 2 aromatic carbocycles. The first-order valence-electron chi connectivity index (χ1n) is 9.53. The van der Waals surface area contributed by atoms with E-state index in [0.717, 1.165) is 26.9 Å². The third-order valence-corrected chi connectivity index (χ3v) is 6.05. The van der Waals surface area contributed by atoms with Crippen molar-refractivity contribution in [1.82, 2.24) is 9.24 Å². The number of fused-ring (bicyclic) bond motifs is 1. The second-order valence-electron chi connectivity index (χ2n) is 7.33. The number of hydrogen-bond donors (Lipinski definition) is 1. The molecule has 0 aliphatic carbocycles. The van der Waals surface area contributed by atoms with E-state index in [9.17, 15) is 14.4 Å². The molecule has 0 atom stereocenters. The predicted molar refractivity (Wildman–Crippen MR) is 120 cm³/mol. The van der Waals surface area contributed by atoms with Gasteiger partial charge < -0.3 is 0 Å². The lowest BCUT2D eigenvalue weighted by molar-refractivity contribution is 0.101. The summed E-state index contributed by atoms with van der Waals surface area (Å²) in [4.78, 5) is 38.8. The Morgan fingerprint density at radius 3 is 2.33 bits per heavy atom. The summed E-state index contributed by atoms with van der Waals surface area (Å²) in [5, 5.41) is 1.78. The van der Waals surface area contributed by atoms with Crippen LogP contribution in [0.3, 0.4) is 0 Å². The van der Waals surface area contributed by atoms with E-state index in [1.165, 1.54) is 11.3 Å². The fraction of sp³-hybridized carbons (Fsp3) is 0.174. The molecule has 0 unspecified atom stereocenters. The summed E-state index contributed by atoms with van der Waals surface area (Å²) in [5.74, 6) is -0.514. The summed E-state index contributed by atoms with van der Waals surface area (Å²) in [6.07, 6.45) is 0. The number of nitrogens with one attached hydrogen (secondary N) is 1. The molecular weight excluding hydrogens is 398 g/mol. The Hall–Kier alpha value is -3.45. The van der Waals surface area contributed by atoms with Gasteiger partial charge in [0.1, 0.15) is 4.70 Å². The Labute approximate surface area is 177 Å². The molecule has 6 nitrogen and oxygen atoms in total. The maximum absolute atomic E-state index is 13.3. The van der Waals surface area contributed by atoms with Gasteiger partial charge in [0.05, 0.1) is 12.1 Å². The second-order valence-corrected chi connectivity index (χ2v) is 8.24. The summed E-state index contributed by atoms with van der Waals surface area (Å²) in [7, 11) is 0. The maximum Gasteiger partial charge on any atom is 0.351 e. The molecule has 1 N–H and O–H groups in total. The molecule has 0 fully saturated rings. The van der Waals surface area contributed by atoms with Gasteiger partial charge in [0.2, 0.25) is 0 Å². The van der Waals surface area contributed by atoms with Gasteiger partial charge >= 0.3 is 5.69 Å². The highest BCUT2D eigenvalue weighted by Gasteiger charge is 2.18. The Kier molecular flexibility index (Phi) is 5.13. The van der Waals surface area contributed by atoms with E-state index in [1.54, 1.807) is 46.3 Å². The fourth-order valence-electron chi connectivity index (χ4n) is 3.71. The minimum absolute atomic E-state index is 0.311. The number of rotatable bonds is 4. The number of benzene rings is 2. The standard InChI is InChI=1S/C23H21N3O3S/c1-14-11-15(2)18(16(3)12-14)13-25-19-9-10-30-20(19)22(28)26(23(25)29)24-21(27)17-7-5-4-6-8-17/h4-12H,13H2,1-3H3,(H,24,27). The van der Waals surface area contributed by atoms with Crippen LogP contribution in [0.25, 0.3) is 10.2 Å². The van der Waals surface area contributed by atoms with Gasteiger partial charge in [0.25, 0.3) is 11.5 Å². The smallest absolute Gasteiger partial charge is 0.286 e. The van der Waals surface area contributed by atoms with E-state index in [-0.39, 0.29) is 0 Å². The molecule has 2 heterocycles. The van der Waals surface area contributed by atoms with E-state index in [1.807, 2.05) is 20.8 Å². The molecule has 4 rings (SSSR count). The number of aromatic nitrogens is 2. The van der Waals surface area contributed by atoms with Crippen molar-refractivity contribution in [3.63, 3.8) is 0 Å². The molecule has 2 aromatic heterocycles. The zero-order chi connectivity index (χ0) is 21.4. The van der Waals surface area contributed by atoms with Gasteiger partial charge in [0.15, 0.2) is 0 Å². The fourth-order valence-corrected chi connectivity index (χ4v) is 4.54. The van der Waals surface area contributed by atoms with Crippen LogP contribution in [0.4, 0.5) is 0 Å². The van der Waals surface area contributed by atoms with Crippen LogP contribution in [0, 0.1) is 20.8 Å². The summed E-state index contributed by atoms with van der Waals surface area (Å²) in [6.45, 7) is 6.37. The maximum atomic E-state index is 13.3. The lowest BCUT2D eigenvalue weighted by atomic mass is 10.00. The highest BCUT2D eigenvalue weighted by Crippen LogP contribution is 2.20. The van der Waals surface area contributed by atoms with E-state index < -0.39 is 17.2 Å². The van der Waals surface area contributed by atoms with Crippen molar-refractivity contribution >= 4 is 27.5 Å². The van der Waals surface area contributed by atoms with E-state index in [2.05, 4.69) is 17.6 Å². The van der Waals surface area contributed by atoms with Crippen LogP contribution < -0.4 is 16.7 Å². The molecular formula is C23H21N3O3S. The number of thiophene rings is 1. The Balaban J connectivity index is 1.85. The van der Waals surface area contributed by atoms with E-state index in [4.69, 9.17) is 0 Å².